The average Bonchev–Trinajstić information content (AvgIpc) is 3.30. The maximum Gasteiger partial charge on any atom is 0.291 e. The summed E-state index contributed by atoms with van der Waals surface area (Å²) in [6.07, 6.45) is 6.53. The number of hydrogen-bond acceptors (Lipinski definition) is 6. The van der Waals surface area contributed by atoms with Crippen LogP contribution in [0.25, 0.3) is 0 Å². The van der Waals surface area contributed by atoms with E-state index in [1.807, 2.05) is 22.9 Å². The predicted octanol–water partition coefficient (Wildman–Crippen LogP) is 1.99. The second-order valence-corrected chi connectivity index (χ2v) is 6.24. The third-order valence-corrected chi connectivity index (χ3v) is 4.44. The second-order valence-electron chi connectivity index (χ2n) is 6.24. The van der Waals surface area contributed by atoms with Gasteiger partial charge in [0.1, 0.15) is 0 Å². The number of nitrogens with zero attached hydrogens (tertiary/aromatic N) is 5. The van der Waals surface area contributed by atoms with Gasteiger partial charge in [-0.2, -0.15) is 5.10 Å². The summed E-state index contributed by atoms with van der Waals surface area (Å²) in [6, 6.07) is 5.70. The molecule has 0 saturated heterocycles. The van der Waals surface area contributed by atoms with Crippen LogP contribution in [0.5, 0.6) is 0 Å². The first kappa shape index (κ1) is 16.5. The Morgan fingerprint density at radius 2 is 2.15 bits per heavy atom. The molecule has 8 heteroatoms. The molecule has 0 N–H and O–H groups in total. The lowest BCUT2D eigenvalue weighted by atomic mass is 10.2. The van der Waals surface area contributed by atoms with Crippen molar-refractivity contribution in [3.8, 4) is 0 Å². The Morgan fingerprint density at radius 1 is 1.31 bits per heavy atom. The fraction of sp³-hybridized carbons (Fsp3) is 0.333. The maximum atomic E-state index is 12.8. The second kappa shape index (κ2) is 7.09. The van der Waals surface area contributed by atoms with Crippen LogP contribution in [-0.4, -0.2) is 43.7 Å². The number of carbonyl (C=O) groups excluding carboxylic acids is 1. The highest BCUT2D eigenvalue weighted by atomic mass is 16.5. The van der Waals surface area contributed by atoms with Crippen LogP contribution in [0.3, 0.4) is 0 Å². The summed E-state index contributed by atoms with van der Waals surface area (Å²) < 4.78 is 13.1. The van der Waals surface area contributed by atoms with Gasteiger partial charge in [-0.1, -0.05) is 0 Å². The standard InChI is InChI=1S/C18H19N5O3/c1-13-17(26-12-20-13)18(24)22-8-15-4-7-21-23(15)16(9-22)11-25-10-14-2-5-19-6-3-14/h2-7,12,16H,8-11H2,1H3. The molecule has 1 unspecified atom stereocenters. The Morgan fingerprint density at radius 3 is 2.92 bits per heavy atom. The van der Waals surface area contributed by atoms with Gasteiger partial charge in [0, 0.05) is 25.1 Å². The van der Waals surface area contributed by atoms with E-state index in [1.165, 1.54) is 6.39 Å². The van der Waals surface area contributed by atoms with Gasteiger partial charge in [0.2, 0.25) is 5.76 Å². The molecule has 0 fully saturated rings. The summed E-state index contributed by atoms with van der Waals surface area (Å²) in [5.41, 5.74) is 2.63. The highest BCUT2D eigenvalue weighted by Crippen LogP contribution is 2.23. The molecule has 0 radical (unpaired) electrons. The number of amides is 1. The van der Waals surface area contributed by atoms with Crippen molar-refractivity contribution < 1.29 is 13.9 Å². The molecule has 26 heavy (non-hydrogen) atoms. The van der Waals surface area contributed by atoms with Crippen molar-refractivity contribution >= 4 is 5.91 Å². The minimum Gasteiger partial charge on any atom is -0.438 e. The van der Waals surface area contributed by atoms with Gasteiger partial charge in [-0.15, -0.1) is 0 Å². The first-order chi connectivity index (χ1) is 12.7. The zero-order valence-electron chi connectivity index (χ0n) is 14.4. The molecule has 1 amide bonds. The van der Waals surface area contributed by atoms with Gasteiger partial charge >= 0.3 is 0 Å². The number of hydrogen-bond donors (Lipinski definition) is 0. The third kappa shape index (κ3) is 3.23. The molecule has 1 aliphatic rings. The van der Waals surface area contributed by atoms with Gasteiger partial charge < -0.3 is 14.1 Å². The number of aryl methyl sites for hydroxylation is 1. The van der Waals surface area contributed by atoms with Gasteiger partial charge in [-0.25, -0.2) is 4.98 Å². The third-order valence-electron chi connectivity index (χ3n) is 4.44. The lowest BCUT2D eigenvalue weighted by Crippen LogP contribution is -2.42. The zero-order chi connectivity index (χ0) is 17.9. The van der Waals surface area contributed by atoms with E-state index in [-0.39, 0.29) is 17.7 Å². The van der Waals surface area contributed by atoms with Crippen molar-refractivity contribution in [3.63, 3.8) is 0 Å². The quantitative estimate of drug-likeness (QED) is 0.697. The summed E-state index contributed by atoms with van der Waals surface area (Å²) in [7, 11) is 0. The molecular weight excluding hydrogens is 334 g/mol. The molecule has 3 aromatic rings. The fourth-order valence-electron chi connectivity index (χ4n) is 3.11. The first-order valence-electron chi connectivity index (χ1n) is 8.41. The van der Waals surface area contributed by atoms with Gasteiger partial charge in [0.05, 0.1) is 37.2 Å². The van der Waals surface area contributed by atoms with E-state index >= 15 is 0 Å². The number of ether oxygens (including phenoxy) is 1. The summed E-state index contributed by atoms with van der Waals surface area (Å²) in [6.45, 7) is 3.70. The van der Waals surface area contributed by atoms with E-state index in [4.69, 9.17) is 9.15 Å². The number of fused-ring (bicyclic) bond motifs is 1. The van der Waals surface area contributed by atoms with Crippen molar-refractivity contribution in [1.82, 2.24) is 24.6 Å². The largest absolute Gasteiger partial charge is 0.438 e. The Kier molecular flexibility index (Phi) is 4.49. The van der Waals surface area contributed by atoms with Crippen LogP contribution >= 0.6 is 0 Å². The molecule has 4 heterocycles. The lowest BCUT2D eigenvalue weighted by Gasteiger charge is -2.33. The van der Waals surface area contributed by atoms with Crippen LogP contribution < -0.4 is 0 Å². The van der Waals surface area contributed by atoms with Crippen LogP contribution in [-0.2, 0) is 17.9 Å². The van der Waals surface area contributed by atoms with E-state index < -0.39 is 0 Å². The average molecular weight is 353 g/mol. The Bertz CT molecular complexity index is 889. The van der Waals surface area contributed by atoms with Crippen molar-refractivity contribution in [3.05, 3.63) is 65.9 Å². The molecule has 8 nitrogen and oxygen atoms in total. The number of carbonyl (C=O) groups is 1. The number of aromatic nitrogens is 4. The molecule has 4 rings (SSSR count). The minimum absolute atomic E-state index is 0.0530. The van der Waals surface area contributed by atoms with Crippen molar-refractivity contribution in [2.45, 2.75) is 26.1 Å². The highest BCUT2D eigenvalue weighted by Gasteiger charge is 2.31. The van der Waals surface area contributed by atoms with Crippen LogP contribution in [0.1, 0.15) is 33.5 Å². The van der Waals surface area contributed by atoms with E-state index in [0.29, 0.717) is 32.0 Å². The zero-order valence-corrected chi connectivity index (χ0v) is 14.4. The highest BCUT2D eigenvalue weighted by molar-refractivity contribution is 5.92. The van der Waals surface area contributed by atoms with Gasteiger partial charge in [-0.3, -0.25) is 14.5 Å². The predicted molar refractivity (Wildman–Crippen MR) is 91.1 cm³/mol. The Hall–Kier alpha value is -3.00. The molecule has 0 saturated carbocycles. The van der Waals surface area contributed by atoms with Crippen LogP contribution in [0.15, 0.2) is 47.6 Å². The molecule has 134 valence electrons. The smallest absolute Gasteiger partial charge is 0.291 e. The molecule has 0 spiro atoms. The van der Waals surface area contributed by atoms with E-state index in [9.17, 15) is 4.79 Å². The molecule has 1 aliphatic heterocycles. The van der Waals surface area contributed by atoms with Crippen LogP contribution in [0.4, 0.5) is 0 Å². The van der Waals surface area contributed by atoms with Crippen molar-refractivity contribution in [1.29, 1.82) is 0 Å². The Labute approximate surface area is 150 Å². The summed E-state index contributed by atoms with van der Waals surface area (Å²) >= 11 is 0. The topological polar surface area (TPSA) is 86.3 Å². The fourth-order valence-corrected chi connectivity index (χ4v) is 3.11. The van der Waals surface area contributed by atoms with Gasteiger partial charge in [0.25, 0.3) is 5.91 Å². The van der Waals surface area contributed by atoms with Crippen molar-refractivity contribution in [2.75, 3.05) is 13.2 Å². The first-order valence-corrected chi connectivity index (χ1v) is 8.41. The molecule has 1 atom stereocenters. The summed E-state index contributed by atoms with van der Waals surface area (Å²) in [5.74, 6) is 0.126. The van der Waals surface area contributed by atoms with E-state index in [1.54, 1.807) is 30.4 Å². The van der Waals surface area contributed by atoms with E-state index in [0.717, 1.165) is 11.3 Å². The SMILES string of the molecule is Cc1ncoc1C(=O)N1Cc2ccnn2C(COCc2ccncc2)C1. The van der Waals surface area contributed by atoms with Crippen LogP contribution in [0, 0.1) is 6.92 Å². The summed E-state index contributed by atoms with van der Waals surface area (Å²) in [4.78, 5) is 22.5. The Balaban J connectivity index is 1.46. The van der Waals surface area contributed by atoms with E-state index in [2.05, 4.69) is 15.1 Å². The minimum atomic E-state index is -0.161. The lowest BCUT2D eigenvalue weighted by molar-refractivity contribution is 0.0428. The van der Waals surface area contributed by atoms with Crippen LogP contribution in [0.2, 0.25) is 0 Å². The number of rotatable bonds is 5. The number of oxazole rings is 1. The molecule has 0 aliphatic carbocycles. The maximum absolute atomic E-state index is 12.8. The normalized spacial score (nSPS) is 16.5. The number of pyridine rings is 1. The summed E-state index contributed by atoms with van der Waals surface area (Å²) in [5, 5.41) is 4.39. The molecule has 0 bridgehead atoms. The van der Waals surface area contributed by atoms with Gasteiger partial charge in [0.15, 0.2) is 6.39 Å². The molecular formula is C18H19N5O3. The van der Waals surface area contributed by atoms with Crippen molar-refractivity contribution in [2.24, 2.45) is 0 Å². The molecule has 0 aromatic carbocycles. The molecule has 3 aromatic heterocycles. The van der Waals surface area contributed by atoms with Gasteiger partial charge in [-0.05, 0) is 30.7 Å². The monoisotopic (exact) mass is 353 g/mol.